The minimum atomic E-state index is -3.68. The van der Waals surface area contributed by atoms with Crippen LogP contribution in [0, 0.1) is 11.3 Å². The summed E-state index contributed by atoms with van der Waals surface area (Å²) in [6.07, 6.45) is -0.709. The molecular weight excluding hydrogens is 278 g/mol. The Morgan fingerprint density at radius 3 is 2.65 bits per heavy atom. The van der Waals surface area contributed by atoms with Gasteiger partial charge in [0.05, 0.1) is 28.7 Å². The number of hydrogen-bond donors (Lipinski definition) is 1. The normalized spacial score (nSPS) is 23.9. The van der Waals surface area contributed by atoms with E-state index in [1.165, 1.54) is 16.4 Å². The van der Waals surface area contributed by atoms with Gasteiger partial charge < -0.3 is 10.0 Å². The van der Waals surface area contributed by atoms with E-state index >= 15 is 0 Å². The molecule has 20 heavy (non-hydrogen) atoms. The molecule has 0 unspecified atom stereocenters. The van der Waals surface area contributed by atoms with Gasteiger partial charge in [-0.1, -0.05) is 6.07 Å². The SMILES string of the molecule is CN(C)[C@H]1CN(S(=O)(=O)c2cccc(C#N)c2)C[C@@H]1O. The van der Waals surface area contributed by atoms with Crippen LogP contribution in [0.3, 0.4) is 0 Å². The number of β-amino-alcohol motifs (C(OH)–C–C–N with tert-alkyl or cyclic N) is 1. The van der Waals surface area contributed by atoms with Crippen molar-refractivity contribution in [1.82, 2.24) is 9.21 Å². The predicted molar refractivity (Wildman–Crippen MR) is 73.4 cm³/mol. The van der Waals surface area contributed by atoms with Crippen molar-refractivity contribution in [1.29, 1.82) is 5.26 Å². The maximum absolute atomic E-state index is 12.5. The van der Waals surface area contributed by atoms with Gasteiger partial charge in [0.15, 0.2) is 0 Å². The molecular formula is C13H17N3O3S. The highest BCUT2D eigenvalue weighted by Crippen LogP contribution is 2.23. The van der Waals surface area contributed by atoms with Gasteiger partial charge in [-0.15, -0.1) is 0 Å². The molecule has 0 aromatic heterocycles. The topological polar surface area (TPSA) is 84.6 Å². The third-order valence-corrected chi connectivity index (χ3v) is 5.32. The molecule has 2 rings (SSSR count). The number of aliphatic hydroxyl groups is 1. The maximum atomic E-state index is 12.5. The van der Waals surface area contributed by atoms with Gasteiger partial charge in [-0.3, -0.25) is 0 Å². The summed E-state index contributed by atoms with van der Waals surface area (Å²) in [6.45, 7) is 0.315. The van der Waals surface area contributed by atoms with Gasteiger partial charge in [-0.2, -0.15) is 9.57 Å². The fourth-order valence-corrected chi connectivity index (χ4v) is 3.84. The number of likely N-dealkylation sites (N-methyl/N-ethyl adjacent to an activating group) is 1. The van der Waals surface area contributed by atoms with Crippen molar-refractivity contribution in [2.45, 2.75) is 17.0 Å². The highest BCUT2D eigenvalue weighted by Gasteiger charge is 2.39. The summed E-state index contributed by atoms with van der Waals surface area (Å²) in [7, 11) is -0.0634. The minimum Gasteiger partial charge on any atom is -0.390 e. The van der Waals surface area contributed by atoms with E-state index in [0.717, 1.165) is 0 Å². The van der Waals surface area contributed by atoms with Gasteiger partial charge in [0, 0.05) is 13.1 Å². The van der Waals surface area contributed by atoms with E-state index in [1.807, 2.05) is 11.0 Å². The van der Waals surface area contributed by atoms with Crippen LogP contribution in [0.25, 0.3) is 0 Å². The Bertz CT molecular complexity index is 637. The van der Waals surface area contributed by atoms with E-state index in [9.17, 15) is 13.5 Å². The standard InChI is InChI=1S/C13H17N3O3S/c1-15(2)12-8-16(9-13(12)17)20(18,19)11-5-3-4-10(6-11)7-14/h3-6,12-13,17H,8-9H2,1-2H3/t12-,13-/m0/s1. The number of rotatable bonds is 3. The smallest absolute Gasteiger partial charge is 0.243 e. The van der Waals surface area contributed by atoms with E-state index in [4.69, 9.17) is 5.26 Å². The summed E-state index contributed by atoms with van der Waals surface area (Å²) in [6, 6.07) is 7.62. The van der Waals surface area contributed by atoms with E-state index < -0.39 is 16.1 Å². The molecule has 1 heterocycles. The zero-order chi connectivity index (χ0) is 14.9. The predicted octanol–water partition coefficient (Wildman–Crippen LogP) is -0.146. The lowest BCUT2D eigenvalue weighted by atomic mass is 10.2. The zero-order valence-corrected chi connectivity index (χ0v) is 12.2. The number of hydrogen-bond acceptors (Lipinski definition) is 5. The van der Waals surface area contributed by atoms with Crippen LogP contribution in [-0.2, 0) is 10.0 Å². The Balaban J connectivity index is 2.30. The first-order chi connectivity index (χ1) is 9.36. The van der Waals surface area contributed by atoms with E-state index in [2.05, 4.69) is 0 Å². The molecule has 6 nitrogen and oxygen atoms in total. The van der Waals surface area contributed by atoms with Crippen molar-refractivity contribution in [2.75, 3.05) is 27.2 Å². The van der Waals surface area contributed by atoms with Gasteiger partial charge in [0.1, 0.15) is 0 Å². The molecule has 1 saturated heterocycles. The number of nitriles is 1. The lowest BCUT2D eigenvalue weighted by Gasteiger charge is -2.21. The van der Waals surface area contributed by atoms with Crippen molar-refractivity contribution in [3.63, 3.8) is 0 Å². The third-order valence-electron chi connectivity index (χ3n) is 3.49. The van der Waals surface area contributed by atoms with Crippen LogP contribution in [0.15, 0.2) is 29.2 Å². The lowest BCUT2D eigenvalue weighted by molar-refractivity contribution is 0.113. The largest absolute Gasteiger partial charge is 0.390 e. The molecule has 7 heteroatoms. The molecule has 1 N–H and O–H groups in total. The molecule has 0 aliphatic carbocycles. The Labute approximate surface area is 118 Å². The van der Waals surface area contributed by atoms with Gasteiger partial charge in [-0.25, -0.2) is 8.42 Å². The first-order valence-electron chi connectivity index (χ1n) is 6.21. The van der Waals surface area contributed by atoms with E-state index in [0.29, 0.717) is 5.56 Å². The zero-order valence-electron chi connectivity index (χ0n) is 11.4. The molecule has 0 amide bonds. The quantitative estimate of drug-likeness (QED) is 0.838. The maximum Gasteiger partial charge on any atom is 0.243 e. The number of aliphatic hydroxyl groups excluding tert-OH is 1. The van der Waals surface area contributed by atoms with Gasteiger partial charge in [0.2, 0.25) is 10.0 Å². The fraction of sp³-hybridized carbons (Fsp3) is 0.462. The highest BCUT2D eigenvalue weighted by molar-refractivity contribution is 7.89. The molecule has 1 aromatic carbocycles. The highest BCUT2D eigenvalue weighted by atomic mass is 32.2. The summed E-state index contributed by atoms with van der Waals surface area (Å²) in [4.78, 5) is 1.90. The first-order valence-corrected chi connectivity index (χ1v) is 7.65. The third kappa shape index (κ3) is 2.69. The molecule has 2 atom stereocenters. The second kappa shape index (κ2) is 5.50. The van der Waals surface area contributed by atoms with Crippen LogP contribution in [-0.4, -0.2) is 62.1 Å². The summed E-state index contributed by atoms with van der Waals surface area (Å²) in [5.74, 6) is 0. The number of nitrogens with zero attached hydrogens (tertiary/aromatic N) is 3. The molecule has 0 radical (unpaired) electrons. The minimum absolute atomic E-state index is 0.0714. The Hall–Kier alpha value is -1.46. The van der Waals surface area contributed by atoms with Crippen LogP contribution in [0.1, 0.15) is 5.56 Å². The summed E-state index contributed by atoms with van der Waals surface area (Å²) in [5, 5.41) is 18.8. The van der Waals surface area contributed by atoms with Gasteiger partial charge in [0.25, 0.3) is 0 Å². The van der Waals surface area contributed by atoms with E-state index in [-0.39, 0.29) is 24.0 Å². The van der Waals surface area contributed by atoms with Crippen molar-refractivity contribution < 1.29 is 13.5 Å². The molecule has 0 bridgehead atoms. The van der Waals surface area contributed by atoms with Gasteiger partial charge >= 0.3 is 0 Å². The monoisotopic (exact) mass is 295 g/mol. The van der Waals surface area contributed by atoms with Crippen molar-refractivity contribution in [3.8, 4) is 6.07 Å². The van der Waals surface area contributed by atoms with Crippen LogP contribution in [0.4, 0.5) is 0 Å². The second-order valence-corrected chi connectivity index (χ2v) is 7.00. The Kier molecular flexibility index (Phi) is 4.11. The molecule has 1 aliphatic heterocycles. The molecule has 0 saturated carbocycles. The molecule has 108 valence electrons. The fourth-order valence-electron chi connectivity index (χ4n) is 2.31. The molecule has 1 fully saturated rings. The summed E-state index contributed by atoms with van der Waals surface area (Å²) in [5.41, 5.74) is 0.301. The average molecular weight is 295 g/mol. The van der Waals surface area contributed by atoms with Crippen LogP contribution in [0.5, 0.6) is 0 Å². The lowest BCUT2D eigenvalue weighted by Crippen LogP contribution is -2.38. The van der Waals surface area contributed by atoms with Crippen LogP contribution in [0.2, 0.25) is 0 Å². The molecule has 1 aliphatic rings. The van der Waals surface area contributed by atoms with E-state index in [1.54, 1.807) is 26.2 Å². The second-order valence-electron chi connectivity index (χ2n) is 5.06. The van der Waals surface area contributed by atoms with Crippen molar-refractivity contribution in [3.05, 3.63) is 29.8 Å². The Morgan fingerprint density at radius 2 is 2.10 bits per heavy atom. The van der Waals surface area contributed by atoms with Crippen LogP contribution >= 0.6 is 0 Å². The first kappa shape index (κ1) is 14.9. The van der Waals surface area contributed by atoms with Crippen LogP contribution < -0.4 is 0 Å². The number of sulfonamides is 1. The number of benzene rings is 1. The average Bonchev–Trinajstić information content (AvgIpc) is 2.82. The van der Waals surface area contributed by atoms with Gasteiger partial charge in [-0.05, 0) is 32.3 Å². The van der Waals surface area contributed by atoms with Crippen molar-refractivity contribution in [2.24, 2.45) is 0 Å². The molecule has 1 aromatic rings. The molecule has 0 spiro atoms. The van der Waals surface area contributed by atoms with Crippen molar-refractivity contribution >= 4 is 10.0 Å². The Morgan fingerprint density at radius 1 is 1.40 bits per heavy atom. The summed E-state index contributed by atoms with van der Waals surface area (Å²) < 4.78 is 26.3. The summed E-state index contributed by atoms with van der Waals surface area (Å²) >= 11 is 0.